The van der Waals surface area contributed by atoms with Crippen LogP contribution < -0.4 is 11.1 Å². The van der Waals surface area contributed by atoms with Gasteiger partial charge in [0.1, 0.15) is 0 Å². The lowest BCUT2D eigenvalue weighted by molar-refractivity contribution is 0.521. The van der Waals surface area contributed by atoms with Gasteiger partial charge in [-0.3, -0.25) is 4.99 Å². The molecule has 0 aromatic rings. The molecule has 0 saturated carbocycles. The maximum Gasteiger partial charge on any atom is 0.0965 e. The van der Waals surface area contributed by atoms with Gasteiger partial charge in [0.05, 0.1) is 5.84 Å². The zero-order chi connectivity index (χ0) is 9.68. The molecule has 2 atom stereocenters. The number of hydrogen-bond acceptors (Lipinski definition) is 3. The molecule has 3 nitrogen and oxygen atoms in total. The summed E-state index contributed by atoms with van der Waals surface area (Å²) in [5.74, 6) is 1.97. The van der Waals surface area contributed by atoms with Crippen LogP contribution in [-0.2, 0) is 0 Å². The van der Waals surface area contributed by atoms with Crippen LogP contribution in [0.3, 0.4) is 0 Å². The molecule has 0 aliphatic carbocycles. The van der Waals surface area contributed by atoms with Gasteiger partial charge in [0.15, 0.2) is 0 Å². The van der Waals surface area contributed by atoms with E-state index in [0.29, 0.717) is 12.6 Å². The molecule has 0 aromatic carbocycles. The molecule has 0 fully saturated rings. The lowest BCUT2D eigenvalue weighted by Gasteiger charge is -2.14. The van der Waals surface area contributed by atoms with Crippen LogP contribution in [0.4, 0.5) is 0 Å². The lowest BCUT2D eigenvalue weighted by atomic mass is 10.0. The summed E-state index contributed by atoms with van der Waals surface area (Å²) >= 11 is 0. The molecular formula is C10H21N3. The SMILES string of the molecule is CC1CCN=C(NC(C)CN)CC1. The van der Waals surface area contributed by atoms with Crippen LogP contribution in [0, 0.1) is 5.92 Å². The molecule has 1 aliphatic heterocycles. The van der Waals surface area contributed by atoms with Gasteiger partial charge in [-0.05, 0) is 25.7 Å². The Balaban J connectivity index is 2.36. The number of nitrogens with one attached hydrogen (secondary N) is 1. The predicted molar refractivity (Wildman–Crippen MR) is 57.0 cm³/mol. The van der Waals surface area contributed by atoms with Gasteiger partial charge in [0, 0.05) is 25.6 Å². The average Bonchev–Trinajstić information content (AvgIpc) is 2.31. The van der Waals surface area contributed by atoms with E-state index in [4.69, 9.17) is 5.73 Å². The van der Waals surface area contributed by atoms with E-state index in [2.05, 4.69) is 24.2 Å². The predicted octanol–water partition coefficient (Wildman–Crippen LogP) is 1.14. The third kappa shape index (κ3) is 3.77. The second kappa shape index (κ2) is 5.22. The first-order chi connectivity index (χ1) is 6.22. The van der Waals surface area contributed by atoms with Gasteiger partial charge >= 0.3 is 0 Å². The summed E-state index contributed by atoms with van der Waals surface area (Å²) in [5.41, 5.74) is 5.54. The maximum absolute atomic E-state index is 5.54. The molecule has 1 aliphatic rings. The summed E-state index contributed by atoms with van der Waals surface area (Å²) in [6.07, 6.45) is 3.57. The van der Waals surface area contributed by atoms with Crippen LogP contribution in [0.15, 0.2) is 4.99 Å². The molecule has 76 valence electrons. The Bertz CT molecular complexity index is 177. The summed E-state index contributed by atoms with van der Waals surface area (Å²) in [4.78, 5) is 4.51. The fourth-order valence-electron chi connectivity index (χ4n) is 1.49. The van der Waals surface area contributed by atoms with Gasteiger partial charge in [-0.2, -0.15) is 0 Å². The van der Waals surface area contributed by atoms with E-state index < -0.39 is 0 Å². The molecule has 3 N–H and O–H groups in total. The van der Waals surface area contributed by atoms with E-state index in [1.807, 2.05) is 0 Å². The summed E-state index contributed by atoms with van der Waals surface area (Å²) in [6.45, 7) is 6.04. The highest BCUT2D eigenvalue weighted by Crippen LogP contribution is 2.14. The van der Waals surface area contributed by atoms with Crippen LogP contribution in [0.1, 0.15) is 33.1 Å². The van der Waals surface area contributed by atoms with Crippen molar-refractivity contribution in [1.82, 2.24) is 5.32 Å². The molecule has 0 radical (unpaired) electrons. The number of rotatable bonds is 2. The van der Waals surface area contributed by atoms with Crippen molar-refractivity contribution in [2.24, 2.45) is 16.6 Å². The van der Waals surface area contributed by atoms with Gasteiger partial charge in [-0.1, -0.05) is 6.92 Å². The van der Waals surface area contributed by atoms with E-state index in [0.717, 1.165) is 24.7 Å². The first kappa shape index (κ1) is 10.5. The van der Waals surface area contributed by atoms with E-state index >= 15 is 0 Å². The first-order valence-electron chi connectivity index (χ1n) is 5.22. The van der Waals surface area contributed by atoms with Crippen molar-refractivity contribution >= 4 is 5.84 Å². The zero-order valence-corrected chi connectivity index (χ0v) is 8.71. The van der Waals surface area contributed by atoms with Gasteiger partial charge < -0.3 is 11.1 Å². The van der Waals surface area contributed by atoms with Crippen molar-refractivity contribution in [3.8, 4) is 0 Å². The minimum atomic E-state index is 0.354. The smallest absolute Gasteiger partial charge is 0.0965 e. The molecule has 0 bridgehead atoms. The van der Waals surface area contributed by atoms with E-state index in [1.165, 1.54) is 12.8 Å². The summed E-state index contributed by atoms with van der Waals surface area (Å²) in [6, 6.07) is 0.354. The molecule has 1 rings (SSSR count). The summed E-state index contributed by atoms with van der Waals surface area (Å²) < 4.78 is 0. The van der Waals surface area contributed by atoms with Gasteiger partial charge in [0.25, 0.3) is 0 Å². The quantitative estimate of drug-likeness (QED) is 0.674. The van der Waals surface area contributed by atoms with Crippen molar-refractivity contribution < 1.29 is 0 Å². The molecule has 0 spiro atoms. The third-order valence-corrected chi connectivity index (χ3v) is 2.57. The number of amidine groups is 1. The number of nitrogens with two attached hydrogens (primary N) is 1. The summed E-state index contributed by atoms with van der Waals surface area (Å²) in [7, 11) is 0. The van der Waals surface area contributed by atoms with E-state index in [9.17, 15) is 0 Å². The van der Waals surface area contributed by atoms with Crippen molar-refractivity contribution in [1.29, 1.82) is 0 Å². The maximum atomic E-state index is 5.54. The summed E-state index contributed by atoms with van der Waals surface area (Å²) in [5, 5.41) is 3.35. The number of nitrogens with zero attached hydrogens (tertiary/aromatic N) is 1. The van der Waals surface area contributed by atoms with Crippen LogP contribution in [0.2, 0.25) is 0 Å². The van der Waals surface area contributed by atoms with Crippen LogP contribution in [0.5, 0.6) is 0 Å². The van der Waals surface area contributed by atoms with Crippen molar-refractivity contribution in [3.63, 3.8) is 0 Å². The van der Waals surface area contributed by atoms with Gasteiger partial charge in [0.2, 0.25) is 0 Å². The molecule has 13 heavy (non-hydrogen) atoms. The highest BCUT2D eigenvalue weighted by Gasteiger charge is 2.10. The largest absolute Gasteiger partial charge is 0.370 e. The highest BCUT2D eigenvalue weighted by atomic mass is 15.0. The fourth-order valence-corrected chi connectivity index (χ4v) is 1.49. The Morgan fingerprint density at radius 2 is 2.38 bits per heavy atom. The topological polar surface area (TPSA) is 50.4 Å². The van der Waals surface area contributed by atoms with Crippen molar-refractivity contribution in [3.05, 3.63) is 0 Å². The Morgan fingerprint density at radius 1 is 1.62 bits per heavy atom. The minimum absolute atomic E-state index is 0.354. The monoisotopic (exact) mass is 183 g/mol. The average molecular weight is 183 g/mol. The second-order valence-corrected chi connectivity index (χ2v) is 4.04. The van der Waals surface area contributed by atoms with Crippen LogP contribution in [-0.4, -0.2) is 25.0 Å². The molecule has 0 saturated heterocycles. The standard InChI is InChI=1S/C10H21N3/c1-8-3-4-10(12-6-5-8)13-9(2)7-11/h8-9H,3-7,11H2,1-2H3,(H,12,13). The Morgan fingerprint density at radius 3 is 3.08 bits per heavy atom. The third-order valence-electron chi connectivity index (χ3n) is 2.57. The normalized spacial score (nSPS) is 26.1. The first-order valence-corrected chi connectivity index (χ1v) is 5.22. The molecule has 1 heterocycles. The molecule has 0 aromatic heterocycles. The van der Waals surface area contributed by atoms with Gasteiger partial charge in [-0.15, -0.1) is 0 Å². The van der Waals surface area contributed by atoms with Gasteiger partial charge in [-0.25, -0.2) is 0 Å². The van der Waals surface area contributed by atoms with Crippen molar-refractivity contribution in [2.75, 3.05) is 13.1 Å². The molecule has 0 amide bonds. The minimum Gasteiger partial charge on any atom is -0.370 e. The van der Waals surface area contributed by atoms with E-state index in [-0.39, 0.29) is 0 Å². The number of hydrogen-bond donors (Lipinski definition) is 2. The lowest BCUT2D eigenvalue weighted by Crippen LogP contribution is -2.37. The number of aliphatic imine (C=N–C) groups is 1. The highest BCUT2D eigenvalue weighted by molar-refractivity contribution is 5.82. The Labute approximate surface area is 80.8 Å². The van der Waals surface area contributed by atoms with Crippen LogP contribution >= 0.6 is 0 Å². The zero-order valence-electron chi connectivity index (χ0n) is 8.71. The molecule has 2 unspecified atom stereocenters. The second-order valence-electron chi connectivity index (χ2n) is 4.04. The van der Waals surface area contributed by atoms with Crippen molar-refractivity contribution in [2.45, 2.75) is 39.2 Å². The molecular weight excluding hydrogens is 162 g/mol. The fraction of sp³-hybridized carbons (Fsp3) is 0.900. The van der Waals surface area contributed by atoms with E-state index in [1.54, 1.807) is 0 Å². The Kier molecular flexibility index (Phi) is 4.22. The van der Waals surface area contributed by atoms with Crippen LogP contribution in [0.25, 0.3) is 0 Å². The Hall–Kier alpha value is -0.570. The molecule has 3 heteroatoms.